The Labute approximate surface area is 125 Å². The first kappa shape index (κ1) is 17.9. The van der Waals surface area contributed by atoms with Crippen LogP contribution in [0.2, 0.25) is 0 Å². The standard InChI is InChI=1S/C18H35FO/c1-2-3-4-5-6-7-8-9-10-11-12-16-13-14-18(20)17(19)15-16/h16-18,20H,2-15H2,1H3. The Balaban J connectivity index is 1.83. The van der Waals surface area contributed by atoms with Crippen molar-refractivity contribution in [2.24, 2.45) is 5.92 Å². The molecule has 0 saturated heterocycles. The predicted molar refractivity (Wildman–Crippen MR) is 84.7 cm³/mol. The van der Waals surface area contributed by atoms with Crippen LogP contribution in [0.1, 0.15) is 96.8 Å². The Morgan fingerprint density at radius 3 is 1.95 bits per heavy atom. The Morgan fingerprint density at radius 1 is 0.850 bits per heavy atom. The molecule has 1 rings (SSSR count). The Hall–Kier alpha value is -0.110. The molecule has 1 aliphatic rings. The summed E-state index contributed by atoms with van der Waals surface area (Å²) in [6.07, 6.45) is 15.5. The third-order valence-electron chi connectivity index (χ3n) is 4.81. The second-order valence-corrected chi connectivity index (χ2v) is 6.73. The second-order valence-electron chi connectivity index (χ2n) is 6.73. The van der Waals surface area contributed by atoms with Crippen LogP contribution in [0.5, 0.6) is 0 Å². The molecule has 0 aromatic rings. The number of hydrogen-bond acceptors (Lipinski definition) is 1. The molecule has 0 amide bonds. The summed E-state index contributed by atoms with van der Waals surface area (Å²) in [5.74, 6) is 0.530. The maximum absolute atomic E-state index is 13.4. The van der Waals surface area contributed by atoms with Gasteiger partial charge in [0.1, 0.15) is 6.17 Å². The number of aliphatic hydroxyl groups excluding tert-OH is 1. The van der Waals surface area contributed by atoms with Crippen LogP contribution in [0.3, 0.4) is 0 Å². The van der Waals surface area contributed by atoms with E-state index < -0.39 is 12.3 Å². The van der Waals surface area contributed by atoms with E-state index in [9.17, 15) is 9.50 Å². The molecule has 0 spiro atoms. The van der Waals surface area contributed by atoms with Crippen molar-refractivity contribution in [1.82, 2.24) is 0 Å². The van der Waals surface area contributed by atoms with E-state index in [0.717, 1.165) is 6.42 Å². The molecule has 0 heterocycles. The summed E-state index contributed by atoms with van der Waals surface area (Å²) in [6.45, 7) is 2.26. The average molecular weight is 286 g/mol. The molecule has 20 heavy (non-hydrogen) atoms. The molecule has 3 unspecified atom stereocenters. The van der Waals surface area contributed by atoms with Crippen molar-refractivity contribution in [2.75, 3.05) is 0 Å². The molecule has 0 radical (unpaired) electrons. The number of rotatable bonds is 11. The fourth-order valence-electron chi connectivity index (χ4n) is 3.36. The maximum Gasteiger partial charge on any atom is 0.126 e. The molecule has 1 aliphatic carbocycles. The molecule has 2 heteroatoms. The van der Waals surface area contributed by atoms with Crippen molar-refractivity contribution in [3.05, 3.63) is 0 Å². The van der Waals surface area contributed by atoms with Crippen molar-refractivity contribution in [2.45, 2.75) is 109 Å². The van der Waals surface area contributed by atoms with Crippen LogP contribution in [-0.4, -0.2) is 17.4 Å². The summed E-state index contributed by atoms with van der Waals surface area (Å²) in [6, 6.07) is 0. The average Bonchev–Trinajstić information content (AvgIpc) is 2.45. The SMILES string of the molecule is CCCCCCCCCCCCC1CCC(O)C(F)C1. The van der Waals surface area contributed by atoms with Gasteiger partial charge in [0.15, 0.2) is 0 Å². The van der Waals surface area contributed by atoms with Crippen molar-refractivity contribution in [1.29, 1.82) is 0 Å². The molecule has 1 saturated carbocycles. The van der Waals surface area contributed by atoms with E-state index in [1.165, 1.54) is 70.6 Å². The van der Waals surface area contributed by atoms with Gasteiger partial charge in [-0.3, -0.25) is 0 Å². The van der Waals surface area contributed by atoms with E-state index in [-0.39, 0.29) is 0 Å². The van der Waals surface area contributed by atoms with Gasteiger partial charge in [-0.15, -0.1) is 0 Å². The number of alkyl halides is 1. The summed E-state index contributed by atoms with van der Waals surface area (Å²) in [5.41, 5.74) is 0. The van der Waals surface area contributed by atoms with Gasteiger partial charge in [-0.2, -0.15) is 0 Å². The van der Waals surface area contributed by atoms with Crippen molar-refractivity contribution in [3.63, 3.8) is 0 Å². The summed E-state index contributed by atoms with van der Waals surface area (Å²) in [7, 11) is 0. The third kappa shape index (κ3) is 8.24. The zero-order chi connectivity index (χ0) is 14.6. The zero-order valence-electron chi connectivity index (χ0n) is 13.5. The van der Waals surface area contributed by atoms with Crippen molar-refractivity contribution < 1.29 is 9.50 Å². The lowest BCUT2D eigenvalue weighted by atomic mass is 9.83. The van der Waals surface area contributed by atoms with Crippen LogP contribution < -0.4 is 0 Å². The van der Waals surface area contributed by atoms with E-state index >= 15 is 0 Å². The molecule has 120 valence electrons. The number of halogens is 1. The van der Waals surface area contributed by atoms with E-state index in [1.807, 2.05) is 0 Å². The highest BCUT2D eigenvalue weighted by atomic mass is 19.1. The minimum absolute atomic E-state index is 0.530. The topological polar surface area (TPSA) is 20.2 Å². The van der Waals surface area contributed by atoms with Crippen LogP contribution in [0.4, 0.5) is 4.39 Å². The maximum atomic E-state index is 13.4. The van der Waals surface area contributed by atoms with Crippen LogP contribution in [-0.2, 0) is 0 Å². The number of unbranched alkanes of at least 4 members (excludes halogenated alkanes) is 9. The Morgan fingerprint density at radius 2 is 1.40 bits per heavy atom. The highest BCUT2D eigenvalue weighted by Crippen LogP contribution is 2.30. The van der Waals surface area contributed by atoms with Gasteiger partial charge in [-0.1, -0.05) is 77.6 Å². The lowest BCUT2D eigenvalue weighted by molar-refractivity contribution is 0.0225. The molecule has 1 N–H and O–H groups in total. The molecule has 0 aromatic carbocycles. The first-order valence-corrected chi connectivity index (χ1v) is 9.06. The first-order valence-electron chi connectivity index (χ1n) is 9.06. The molecule has 1 fully saturated rings. The summed E-state index contributed by atoms with van der Waals surface area (Å²) < 4.78 is 13.4. The molecule has 0 aliphatic heterocycles. The minimum atomic E-state index is -0.961. The van der Waals surface area contributed by atoms with Crippen LogP contribution in [0.15, 0.2) is 0 Å². The van der Waals surface area contributed by atoms with Crippen LogP contribution in [0.25, 0.3) is 0 Å². The second kappa shape index (κ2) is 11.5. The van der Waals surface area contributed by atoms with E-state index in [2.05, 4.69) is 6.92 Å². The highest BCUT2D eigenvalue weighted by molar-refractivity contribution is 4.79. The molecule has 0 aromatic heterocycles. The van der Waals surface area contributed by atoms with Crippen molar-refractivity contribution in [3.8, 4) is 0 Å². The summed E-state index contributed by atoms with van der Waals surface area (Å²) in [4.78, 5) is 0. The molecule has 3 atom stereocenters. The predicted octanol–water partition coefficient (Wildman–Crippen LogP) is 5.80. The first-order chi connectivity index (χ1) is 9.74. The lowest BCUT2D eigenvalue weighted by Crippen LogP contribution is -2.30. The summed E-state index contributed by atoms with van der Waals surface area (Å²) >= 11 is 0. The fourth-order valence-corrected chi connectivity index (χ4v) is 3.36. The van der Waals surface area contributed by atoms with Gasteiger partial charge in [0.2, 0.25) is 0 Å². The van der Waals surface area contributed by atoms with E-state index in [0.29, 0.717) is 18.8 Å². The van der Waals surface area contributed by atoms with Crippen LogP contribution in [0, 0.1) is 5.92 Å². The highest BCUT2D eigenvalue weighted by Gasteiger charge is 2.28. The van der Waals surface area contributed by atoms with Gasteiger partial charge in [0.25, 0.3) is 0 Å². The summed E-state index contributed by atoms with van der Waals surface area (Å²) in [5, 5.41) is 9.37. The number of hydrogen-bond donors (Lipinski definition) is 1. The largest absolute Gasteiger partial charge is 0.390 e. The Bertz CT molecular complexity index is 219. The molecular formula is C18H35FO. The quantitative estimate of drug-likeness (QED) is 0.476. The van der Waals surface area contributed by atoms with Crippen LogP contribution >= 0.6 is 0 Å². The number of aliphatic hydroxyl groups is 1. The van der Waals surface area contributed by atoms with Gasteiger partial charge in [0.05, 0.1) is 6.10 Å². The van der Waals surface area contributed by atoms with Gasteiger partial charge >= 0.3 is 0 Å². The van der Waals surface area contributed by atoms with E-state index in [1.54, 1.807) is 0 Å². The molecule has 1 nitrogen and oxygen atoms in total. The minimum Gasteiger partial charge on any atom is -0.390 e. The smallest absolute Gasteiger partial charge is 0.126 e. The normalized spacial score (nSPS) is 26.9. The Kier molecular flexibility index (Phi) is 10.4. The van der Waals surface area contributed by atoms with Crippen molar-refractivity contribution >= 4 is 0 Å². The van der Waals surface area contributed by atoms with Gasteiger partial charge in [-0.05, 0) is 25.2 Å². The van der Waals surface area contributed by atoms with Gasteiger partial charge in [0, 0.05) is 0 Å². The zero-order valence-corrected chi connectivity index (χ0v) is 13.5. The monoisotopic (exact) mass is 286 g/mol. The fraction of sp³-hybridized carbons (Fsp3) is 1.00. The van der Waals surface area contributed by atoms with Gasteiger partial charge < -0.3 is 5.11 Å². The molecule has 0 bridgehead atoms. The third-order valence-corrected chi connectivity index (χ3v) is 4.81. The van der Waals surface area contributed by atoms with E-state index in [4.69, 9.17) is 0 Å². The lowest BCUT2D eigenvalue weighted by Gasteiger charge is -2.28. The molecular weight excluding hydrogens is 251 g/mol. The van der Waals surface area contributed by atoms with Gasteiger partial charge in [-0.25, -0.2) is 4.39 Å².